The van der Waals surface area contributed by atoms with Crippen molar-refractivity contribution in [1.82, 2.24) is 5.32 Å². The number of alkyl halides is 3. The molecule has 1 aliphatic rings. The molecule has 0 fully saturated rings. The van der Waals surface area contributed by atoms with Crippen LogP contribution in [0.1, 0.15) is 50.2 Å². The number of benzene rings is 1. The van der Waals surface area contributed by atoms with Gasteiger partial charge in [-0.25, -0.2) is 0 Å². The molecular formula is C25H33ClF3N3O3. The predicted octanol–water partition coefficient (Wildman–Crippen LogP) is 5.64. The van der Waals surface area contributed by atoms with Crippen LogP contribution in [-0.4, -0.2) is 42.7 Å². The highest BCUT2D eigenvalue weighted by Gasteiger charge is 2.32. The fourth-order valence-electron chi connectivity index (χ4n) is 4.27. The van der Waals surface area contributed by atoms with Crippen molar-refractivity contribution in [3.8, 4) is 0 Å². The van der Waals surface area contributed by atoms with Gasteiger partial charge >= 0.3 is 12.1 Å². The Bertz CT molecular complexity index is 950. The predicted molar refractivity (Wildman–Crippen MR) is 133 cm³/mol. The molecule has 0 heterocycles. The number of hydrogen-bond donors (Lipinski definition) is 3. The Morgan fingerprint density at radius 2 is 2.09 bits per heavy atom. The van der Waals surface area contributed by atoms with Crippen molar-refractivity contribution in [2.24, 2.45) is 16.9 Å². The Balaban J connectivity index is 2.16. The number of nitrogens with one attached hydrogen (secondary N) is 1. The normalized spacial score (nSPS) is 17.6. The fraction of sp³-hybridized carbons (Fsp3) is 0.520. The van der Waals surface area contributed by atoms with Crippen molar-refractivity contribution < 1.29 is 28.2 Å². The van der Waals surface area contributed by atoms with Gasteiger partial charge in [0.25, 0.3) is 0 Å². The van der Waals surface area contributed by atoms with Crippen molar-refractivity contribution in [2.45, 2.75) is 57.9 Å². The Labute approximate surface area is 209 Å². The second-order valence-corrected chi connectivity index (χ2v) is 9.07. The summed E-state index contributed by atoms with van der Waals surface area (Å²) in [5, 5.41) is 27.0. The van der Waals surface area contributed by atoms with Gasteiger partial charge in [0.05, 0.1) is 22.7 Å². The fourth-order valence-corrected chi connectivity index (χ4v) is 4.63. The highest BCUT2D eigenvalue weighted by Crippen LogP contribution is 2.39. The molecule has 35 heavy (non-hydrogen) atoms. The molecule has 1 aliphatic carbocycles. The molecule has 6 nitrogen and oxygen atoms in total. The summed E-state index contributed by atoms with van der Waals surface area (Å²) in [5.74, 6) is -0.998. The lowest BCUT2D eigenvalue weighted by Crippen LogP contribution is -2.37. The van der Waals surface area contributed by atoms with E-state index in [4.69, 9.17) is 16.7 Å². The molecule has 10 heteroatoms. The molecule has 0 saturated carbocycles. The summed E-state index contributed by atoms with van der Waals surface area (Å²) in [6.07, 6.45) is 3.79. The SMILES string of the molecule is C=NN(C)c1c(Cl)cc(C(F)(F)F)cc1CCC(CCC)C1=CCC(C(O)NCCC(=O)O)C=C1. The molecule has 0 aliphatic heterocycles. The number of aliphatic carboxylic acids is 1. The first kappa shape index (κ1) is 28.9. The largest absolute Gasteiger partial charge is 0.481 e. The average Bonchev–Trinajstić information content (AvgIpc) is 2.80. The minimum absolute atomic E-state index is 0.0271. The van der Waals surface area contributed by atoms with E-state index in [0.29, 0.717) is 30.5 Å². The van der Waals surface area contributed by atoms with E-state index >= 15 is 0 Å². The summed E-state index contributed by atoms with van der Waals surface area (Å²) in [6, 6.07) is 2.04. The molecule has 2 rings (SSSR count). The average molecular weight is 516 g/mol. The zero-order valence-corrected chi connectivity index (χ0v) is 20.7. The van der Waals surface area contributed by atoms with E-state index in [0.717, 1.165) is 30.5 Å². The molecule has 3 N–H and O–H groups in total. The Hall–Kier alpha value is -2.36. The minimum atomic E-state index is -4.51. The van der Waals surface area contributed by atoms with Crippen LogP contribution in [0, 0.1) is 11.8 Å². The molecule has 0 amide bonds. The lowest BCUT2D eigenvalue weighted by atomic mass is 9.83. The van der Waals surface area contributed by atoms with Crippen LogP contribution >= 0.6 is 11.6 Å². The quantitative estimate of drug-likeness (QED) is 0.180. The summed E-state index contributed by atoms with van der Waals surface area (Å²) in [7, 11) is 1.59. The molecule has 1 aromatic carbocycles. The van der Waals surface area contributed by atoms with E-state index in [9.17, 15) is 23.1 Å². The van der Waals surface area contributed by atoms with Gasteiger partial charge in [-0.05, 0) is 54.9 Å². The number of carboxylic acid groups (broad SMARTS) is 1. The molecule has 0 spiro atoms. The number of allylic oxidation sites excluding steroid dienone is 3. The van der Waals surface area contributed by atoms with Crippen LogP contribution in [0.4, 0.5) is 18.9 Å². The van der Waals surface area contributed by atoms with Gasteiger partial charge in [-0.15, -0.1) is 0 Å². The number of anilines is 1. The number of hydrogen-bond acceptors (Lipinski definition) is 5. The maximum Gasteiger partial charge on any atom is 0.416 e. The molecule has 0 bridgehead atoms. The van der Waals surface area contributed by atoms with Gasteiger partial charge in [0.15, 0.2) is 0 Å². The number of aliphatic hydroxyl groups is 1. The van der Waals surface area contributed by atoms with E-state index in [2.05, 4.69) is 24.1 Å². The first-order valence-corrected chi connectivity index (χ1v) is 12.0. The molecule has 194 valence electrons. The van der Waals surface area contributed by atoms with Crippen LogP contribution < -0.4 is 10.3 Å². The summed E-state index contributed by atoms with van der Waals surface area (Å²) < 4.78 is 40.2. The van der Waals surface area contributed by atoms with Crippen LogP contribution in [0.2, 0.25) is 5.02 Å². The molecule has 0 radical (unpaired) electrons. The third kappa shape index (κ3) is 8.37. The van der Waals surface area contributed by atoms with Crippen molar-refractivity contribution in [3.63, 3.8) is 0 Å². The first-order chi connectivity index (χ1) is 16.5. The van der Waals surface area contributed by atoms with Crippen LogP contribution in [0.5, 0.6) is 0 Å². The van der Waals surface area contributed by atoms with Gasteiger partial charge in [-0.2, -0.15) is 18.3 Å². The van der Waals surface area contributed by atoms with Gasteiger partial charge in [0.2, 0.25) is 0 Å². The zero-order valence-electron chi connectivity index (χ0n) is 20.0. The van der Waals surface area contributed by atoms with E-state index < -0.39 is 23.9 Å². The van der Waals surface area contributed by atoms with Crippen LogP contribution in [0.25, 0.3) is 0 Å². The summed E-state index contributed by atoms with van der Waals surface area (Å²) in [6.45, 7) is 5.69. The van der Waals surface area contributed by atoms with Gasteiger partial charge in [-0.1, -0.05) is 43.2 Å². The number of carboxylic acids is 1. The third-order valence-electron chi connectivity index (χ3n) is 6.14. The van der Waals surface area contributed by atoms with Crippen LogP contribution in [0.3, 0.4) is 0 Å². The zero-order chi connectivity index (χ0) is 26.2. The van der Waals surface area contributed by atoms with E-state index in [1.165, 1.54) is 5.01 Å². The minimum Gasteiger partial charge on any atom is -0.481 e. The third-order valence-corrected chi connectivity index (χ3v) is 6.42. The Morgan fingerprint density at radius 3 is 2.63 bits per heavy atom. The number of aliphatic hydroxyl groups excluding tert-OH is 1. The highest BCUT2D eigenvalue weighted by atomic mass is 35.5. The Morgan fingerprint density at radius 1 is 1.37 bits per heavy atom. The van der Waals surface area contributed by atoms with Crippen LogP contribution in [-0.2, 0) is 17.4 Å². The maximum atomic E-state index is 13.4. The number of rotatable bonds is 13. The Kier molecular flexibility index (Phi) is 10.8. The first-order valence-electron chi connectivity index (χ1n) is 11.6. The molecule has 3 atom stereocenters. The lowest BCUT2D eigenvalue weighted by molar-refractivity contribution is -0.138. The summed E-state index contributed by atoms with van der Waals surface area (Å²) >= 11 is 6.22. The van der Waals surface area contributed by atoms with Crippen molar-refractivity contribution in [1.29, 1.82) is 0 Å². The van der Waals surface area contributed by atoms with E-state index in [-0.39, 0.29) is 29.8 Å². The number of carbonyl (C=O) groups is 1. The van der Waals surface area contributed by atoms with Gasteiger partial charge in [-0.3, -0.25) is 15.1 Å². The second-order valence-electron chi connectivity index (χ2n) is 8.66. The molecule has 3 unspecified atom stereocenters. The maximum absolute atomic E-state index is 13.4. The topological polar surface area (TPSA) is 85.2 Å². The highest BCUT2D eigenvalue weighted by molar-refractivity contribution is 6.33. The second kappa shape index (κ2) is 13.1. The van der Waals surface area contributed by atoms with E-state index in [1.807, 2.05) is 18.2 Å². The number of halogens is 4. The van der Waals surface area contributed by atoms with Crippen molar-refractivity contribution in [3.05, 3.63) is 52.1 Å². The van der Waals surface area contributed by atoms with E-state index in [1.54, 1.807) is 7.05 Å². The molecule has 0 saturated heterocycles. The van der Waals surface area contributed by atoms with Gasteiger partial charge < -0.3 is 10.2 Å². The van der Waals surface area contributed by atoms with Crippen molar-refractivity contribution >= 4 is 30.0 Å². The smallest absolute Gasteiger partial charge is 0.416 e. The lowest BCUT2D eigenvalue weighted by Gasteiger charge is -2.26. The molecular weight excluding hydrogens is 483 g/mol. The van der Waals surface area contributed by atoms with Gasteiger partial charge in [0, 0.05) is 26.2 Å². The van der Waals surface area contributed by atoms with Crippen LogP contribution in [0.15, 0.2) is 41.0 Å². The number of nitrogens with zero attached hydrogens (tertiary/aromatic N) is 2. The van der Waals surface area contributed by atoms with Gasteiger partial charge in [0.1, 0.15) is 6.23 Å². The summed E-state index contributed by atoms with van der Waals surface area (Å²) in [5.41, 5.74) is 1.15. The number of aryl methyl sites for hydroxylation is 1. The molecule has 0 aromatic heterocycles. The standard InChI is InChI=1S/C25H33ClF3N3O3/c1-4-5-16(17-6-9-18(10-7-17)24(35)31-13-12-22(33)34)8-11-19-14-20(25(27,28)29)15-21(26)23(19)32(3)30-2/h6-7,9,14-16,18,24,31,35H,2,4-5,8,10-13H2,1,3H3,(H,33,34). The monoisotopic (exact) mass is 515 g/mol. The molecule has 1 aromatic rings. The number of hydrazone groups is 1. The summed E-state index contributed by atoms with van der Waals surface area (Å²) in [4.78, 5) is 10.6. The van der Waals surface area contributed by atoms with Crippen molar-refractivity contribution in [2.75, 3.05) is 18.6 Å².